The van der Waals surface area contributed by atoms with E-state index in [1.165, 1.54) is 10.4 Å². The summed E-state index contributed by atoms with van der Waals surface area (Å²) in [5.74, 6) is -0.158. The molecule has 2 saturated heterocycles. The molecular weight excluding hydrogens is 450 g/mol. The largest absolute Gasteiger partial charge is 0.379 e. The number of benzene rings is 1. The molecule has 2 fully saturated rings. The molecule has 9 nitrogen and oxygen atoms in total. The van der Waals surface area contributed by atoms with E-state index in [9.17, 15) is 13.2 Å². The molecule has 0 atom stereocenters. The number of thiazole rings is 1. The Hall–Kier alpha value is -2.60. The smallest absolute Gasteiger partial charge is 0.254 e. The van der Waals surface area contributed by atoms with Gasteiger partial charge in [0.2, 0.25) is 10.0 Å². The molecule has 168 valence electrons. The van der Waals surface area contributed by atoms with Gasteiger partial charge in [-0.05, 0) is 30.3 Å². The number of pyridine rings is 1. The van der Waals surface area contributed by atoms with Crippen LogP contribution in [0.1, 0.15) is 10.4 Å². The van der Waals surface area contributed by atoms with Gasteiger partial charge in [-0.25, -0.2) is 18.4 Å². The number of ether oxygens (including phenoxy) is 1. The molecule has 0 aliphatic carbocycles. The Bertz CT molecular complexity index is 1200. The number of carbonyl (C=O) groups excluding carboxylic acids is 1. The minimum absolute atomic E-state index is 0.144. The second-order valence-corrected chi connectivity index (χ2v) is 10.5. The Morgan fingerprint density at radius 1 is 1.00 bits per heavy atom. The van der Waals surface area contributed by atoms with Gasteiger partial charge in [0, 0.05) is 51.0 Å². The monoisotopic (exact) mass is 473 g/mol. The molecule has 2 aliphatic rings. The van der Waals surface area contributed by atoms with Gasteiger partial charge >= 0.3 is 0 Å². The zero-order valence-corrected chi connectivity index (χ0v) is 19.0. The molecule has 4 heterocycles. The molecule has 3 aromatic rings. The van der Waals surface area contributed by atoms with E-state index in [4.69, 9.17) is 4.74 Å². The maximum atomic E-state index is 13.1. The third-order valence-corrected chi connectivity index (χ3v) is 8.62. The van der Waals surface area contributed by atoms with Crippen LogP contribution in [0, 0.1) is 0 Å². The third-order valence-electron chi connectivity index (χ3n) is 5.68. The van der Waals surface area contributed by atoms with Gasteiger partial charge in [0.15, 0.2) is 5.13 Å². The van der Waals surface area contributed by atoms with Gasteiger partial charge in [-0.15, -0.1) is 0 Å². The van der Waals surface area contributed by atoms with Crippen molar-refractivity contribution in [3.05, 3.63) is 48.2 Å². The van der Waals surface area contributed by atoms with Crippen LogP contribution >= 0.6 is 11.3 Å². The second-order valence-electron chi connectivity index (χ2n) is 7.65. The number of aromatic nitrogens is 2. The minimum atomic E-state index is -3.64. The average molecular weight is 474 g/mol. The normalized spacial score (nSPS) is 18.2. The Morgan fingerprint density at radius 3 is 2.53 bits per heavy atom. The number of hydrogen-bond donors (Lipinski definition) is 0. The van der Waals surface area contributed by atoms with Crippen molar-refractivity contribution >= 4 is 42.7 Å². The minimum Gasteiger partial charge on any atom is -0.379 e. The molecule has 11 heteroatoms. The molecule has 0 saturated carbocycles. The maximum Gasteiger partial charge on any atom is 0.254 e. The van der Waals surface area contributed by atoms with Crippen LogP contribution in [0.15, 0.2) is 47.5 Å². The van der Waals surface area contributed by atoms with Crippen molar-refractivity contribution in [3.63, 3.8) is 0 Å². The molecule has 0 radical (unpaired) electrons. The van der Waals surface area contributed by atoms with Gasteiger partial charge in [0.05, 0.1) is 18.1 Å². The van der Waals surface area contributed by atoms with E-state index in [1.807, 2.05) is 12.1 Å². The first-order valence-electron chi connectivity index (χ1n) is 10.5. The molecule has 1 amide bonds. The summed E-state index contributed by atoms with van der Waals surface area (Å²) in [6.45, 7) is 3.83. The summed E-state index contributed by atoms with van der Waals surface area (Å²) >= 11 is 1.55. The standard InChI is InChI=1S/C21H23N5O4S2/c27-20(16-3-1-4-17(15-16)32(28,29)26-11-13-30-14-12-26)24-7-9-25(10-8-24)21-23-18-5-2-6-22-19(18)31-21/h1-6,15H,7-14H2. The van der Waals surface area contributed by atoms with Crippen LogP contribution in [0.25, 0.3) is 10.3 Å². The quantitative estimate of drug-likeness (QED) is 0.569. The van der Waals surface area contributed by atoms with E-state index in [0.29, 0.717) is 58.0 Å². The molecule has 0 N–H and O–H groups in total. The van der Waals surface area contributed by atoms with Crippen LogP contribution in [0.5, 0.6) is 0 Å². The average Bonchev–Trinajstić information content (AvgIpc) is 3.29. The summed E-state index contributed by atoms with van der Waals surface area (Å²) in [4.78, 5) is 27.1. The molecule has 0 bridgehead atoms. The zero-order chi connectivity index (χ0) is 22.1. The van der Waals surface area contributed by atoms with Crippen LogP contribution in [0.3, 0.4) is 0 Å². The summed E-state index contributed by atoms with van der Waals surface area (Å²) in [5, 5.41) is 0.907. The van der Waals surface area contributed by atoms with E-state index in [0.717, 1.165) is 15.5 Å². The molecule has 32 heavy (non-hydrogen) atoms. The zero-order valence-electron chi connectivity index (χ0n) is 17.4. The fourth-order valence-electron chi connectivity index (χ4n) is 3.90. The van der Waals surface area contributed by atoms with Gasteiger partial charge in [-0.2, -0.15) is 4.31 Å². The van der Waals surface area contributed by atoms with Crippen molar-refractivity contribution in [2.45, 2.75) is 4.90 Å². The molecule has 0 unspecified atom stereocenters. The predicted octanol–water partition coefficient (Wildman–Crippen LogP) is 1.67. The topological polar surface area (TPSA) is 95.9 Å². The van der Waals surface area contributed by atoms with Crippen LogP contribution in [-0.4, -0.2) is 86.0 Å². The lowest BCUT2D eigenvalue weighted by atomic mass is 10.2. The first-order valence-corrected chi connectivity index (χ1v) is 12.7. The predicted molar refractivity (Wildman–Crippen MR) is 122 cm³/mol. The van der Waals surface area contributed by atoms with Crippen LogP contribution in [0.2, 0.25) is 0 Å². The van der Waals surface area contributed by atoms with Gasteiger partial charge in [0.1, 0.15) is 10.3 Å². The van der Waals surface area contributed by atoms with Gasteiger partial charge in [0.25, 0.3) is 5.91 Å². The van der Waals surface area contributed by atoms with Crippen molar-refractivity contribution in [1.29, 1.82) is 0 Å². The van der Waals surface area contributed by atoms with Gasteiger partial charge in [-0.1, -0.05) is 17.4 Å². The number of sulfonamides is 1. The van der Waals surface area contributed by atoms with E-state index in [1.54, 1.807) is 40.6 Å². The maximum absolute atomic E-state index is 13.1. The highest BCUT2D eigenvalue weighted by Gasteiger charge is 2.28. The highest BCUT2D eigenvalue weighted by molar-refractivity contribution is 7.89. The van der Waals surface area contributed by atoms with Crippen molar-refractivity contribution in [2.24, 2.45) is 0 Å². The summed E-state index contributed by atoms with van der Waals surface area (Å²) in [7, 11) is -3.64. The summed E-state index contributed by atoms with van der Waals surface area (Å²) in [5.41, 5.74) is 1.27. The van der Waals surface area contributed by atoms with E-state index < -0.39 is 10.0 Å². The summed E-state index contributed by atoms with van der Waals surface area (Å²) < 4.78 is 32.5. The van der Waals surface area contributed by atoms with Crippen LogP contribution < -0.4 is 4.90 Å². The SMILES string of the molecule is O=C(c1cccc(S(=O)(=O)N2CCOCC2)c1)N1CCN(c2nc3cccnc3s2)CC1. The molecule has 2 aromatic heterocycles. The second kappa shape index (κ2) is 8.74. The number of nitrogens with zero attached hydrogens (tertiary/aromatic N) is 5. The first kappa shape index (κ1) is 21.3. The van der Waals surface area contributed by atoms with Crippen molar-refractivity contribution in [1.82, 2.24) is 19.2 Å². The molecule has 5 rings (SSSR count). The van der Waals surface area contributed by atoms with Crippen molar-refractivity contribution in [3.8, 4) is 0 Å². The lowest BCUT2D eigenvalue weighted by Crippen LogP contribution is -2.48. The van der Waals surface area contributed by atoms with Gasteiger partial charge < -0.3 is 14.5 Å². The molecule has 1 aromatic carbocycles. The Balaban J connectivity index is 1.27. The summed E-state index contributed by atoms with van der Waals surface area (Å²) in [6, 6.07) is 10.1. The number of anilines is 1. The fraction of sp³-hybridized carbons (Fsp3) is 0.381. The van der Waals surface area contributed by atoms with Crippen molar-refractivity contribution < 1.29 is 17.9 Å². The van der Waals surface area contributed by atoms with Crippen LogP contribution in [0.4, 0.5) is 5.13 Å². The number of amides is 1. The van der Waals surface area contributed by atoms with Gasteiger partial charge in [-0.3, -0.25) is 4.79 Å². The Labute approximate surface area is 190 Å². The molecular formula is C21H23N5O4S2. The number of fused-ring (bicyclic) bond motifs is 1. The van der Waals surface area contributed by atoms with E-state index in [-0.39, 0.29) is 10.8 Å². The first-order chi connectivity index (χ1) is 15.5. The highest BCUT2D eigenvalue weighted by Crippen LogP contribution is 2.28. The third kappa shape index (κ3) is 4.08. The fourth-order valence-corrected chi connectivity index (χ4v) is 6.32. The number of morpholine rings is 1. The Morgan fingerprint density at radius 2 is 1.78 bits per heavy atom. The number of rotatable bonds is 4. The lowest BCUT2D eigenvalue weighted by Gasteiger charge is -2.34. The number of hydrogen-bond acceptors (Lipinski definition) is 8. The van der Waals surface area contributed by atoms with E-state index in [2.05, 4.69) is 14.9 Å². The number of carbonyl (C=O) groups is 1. The molecule has 0 spiro atoms. The van der Waals surface area contributed by atoms with Crippen molar-refractivity contribution in [2.75, 3.05) is 57.4 Å². The Kier molecular flexibility index (Phi) is 5.80. The lowest BCUT2D eigenvalue weighted by molar-refractivity contribution is 0.0729. The van der Waals surface area contributed by atoms with E-state index >= 15 is 0 Å². The number of piperazine rings is 1. The summed E-state index contributed by atoms with van der Waals surface area (Å²) in [6.07, 6.45) is 1.76. The molecule has 2 aliphatic heterocycles. The highest BCUT2D eigenvalue weighted by atomic mass is 32.2. The van der Waals surface area contributed by atoms with Crippen LogP contribution in [-0.2, 0) is 14.8 Å².